The van der Waals surface area contributed by atoms with Gasteiger partial charge in [-0.3, -0.25) is 0 Å². The van der Waals surface area contributed by atoms with Crippen LogP contribution in [0.4, 0.5) is 0 Å². The molecule has 0 amide bonds. The van der Waals surface area contributed by atoms with Crippen LogP contribution in [0.1, 0.15) is 11.1 Å². The van der Waals surface area contributed by atoms with Gasteiger partial charge in [0.2, 0.25) is 0 Å². The molecular weight excluding hydrogens is 152 g/mol. The lowest BCUT2D eigenvalue weighted by atomic mass is 10.1. The van der Waals surface area contributed by atoms with Crippen molar-refractivity contribution in [2.45, 2.75) is 6.42 Å². The highest BCUT2D eigenvalue weighted by Crippen LogP contribution is 2.24. The molecule has 2 rings (SSSR count). The molecule has 2 heteroatoms. The lowest BCUT2D eigenvalue weighted by molar-refractivity contribution is 0.465. The second-order valence-corrected chi connectivity index (χ2v) is 2.79. The molecule has 0 N–H and O–H groups in total. The Hall–Kier alpha value is -1.02. The molecule has 1 aliphatic carbocycles. The van der Waals surface area contributed by atoms with Crippen LogP contribution in [0.3, 0.4) is 0 Å². The van der Waals surface area contributed by atoms with E-state index < -0.39 is 0 Å². The zero-order chi connectivity index (χ0) is 7.68. The molecule has 53 valence electrons. The Morgan fingerprint density at radius 3 is 2.82 bits per heavy atom. The van der Waals surface area contributed by atoms with E-state index in [0.29, 0.717) is 0 Å². The summed E-state index contributed by atoms with van der Waals surface area (Å²) in [5, 5.41) is 0. The number of allylic oxidation sites excluding steroid dienone is 1. The first-order valence-electron chi connectivity index (χ1n) is 3.52. The molecular formula is C9H7OSi. The summed E-state index contributed by atoms with van der Waals surface area (Å²) in [6, 6.07) is 8.28. The van der Waals surface area contributed by atoms with Gasteiger partial charge >= 0.3 is 10.5 Å². The lowest BCUT2D eigenvalue weighted by Gasteiger charge is -1.97. The Bertz CT molecular complexity index is 304. The zero-order valence-corrected chi connectivity index (χ0v) is 7.00. The highest BCUT2D eigenvalue weighted by Gasteiger charge is 2.10. The summed E-state index contributed by atoms with van der Waals surface area (Å²) in [4.78, 5) is 0. The van der Waals surface area contributed by atoms with Crippen LogP contribution in [-0.2, 0) is 10.8 Å². The summed E-state index contributed by atoms with van der Waals surface area (Å²) in [7, 11) is 3.01. The van der Waals surface area contributed by atoms with Crippen molar-refractivity contribution in [3.8, 4) is 0 Å². The van der Waals surface area contributed by atoms with E-state index in [2.05, 4.69) is 22.6 Å². The van der Waals surface area contributed by atoms with Gasteiger partial charge in [-0.15, -0.1) is 0 Å². The van der Waals surface area contributed by atoms with Crippen LogP contribution in [0.25, 0.3) is 6.08 Å². The zero-order valence-electron chi connectivity index (χ0n) is 6.00. The van der Waals surface area contributed by atoms with Crippen LogP contribution in [0.15, 0.2) is 30.0 Å². The smallest absolute Gasteiger partial charge is 0.340 e. The first-order chi connectivity index (χ1) is 5.40. The van der Waals surface area contributed by atoms with E-state index in [1.807, 2.05) is 18.2 Å². The van der Waals surface area contributed by atoms with Gasteiger partial charge in [0.25, 0.3) is 0 Å². The van der Waals surface area contributed by atoms with Gasteiger partial charge in [0.05, 0.1) is 5.76 Å². The molecule has 0 unspecified atom stereocenters. The number of fused-ring (bicyclic) bond motifs is 1. The lowest BCUT2D eigenvalue weighted by Crippen LogP contribution is -1.86. The van der Waals surface area contributed by atoms with E-state index in [4.69, 9.17) is 4.43 Å². The first-order valence-corrected chi connectivity index (χ1v) is 3.93. The van der Waals surface area contributed by atoms with E-state index in [9.17, 15) is 0 Å². The summed E-state index contributed by atoms with van der Waals surface area (Å²) in [5.74, 6) is 0.975. The maximum absolute atomic E-state index is 4.96. The third-order valence-electron chi connectivity index (χ3n) is 1.87. The van der Waals surface area contributed by atoms with Gasteiger partial charge in [-0.2, -0.15) is 0 Å². The van der Waals surface area contributed by atoms with Crippen LogP contribution in [0, 0.1) is 0 Å². The van der Waals surface area contributed by atoms with E-state index in [1.165, 1.54) is 11.1 Å². The fourth-order valence-electron chi connectivity index (χ4n) is 1.31. The van der Waals surface area contributed by atoms with Crippen molar-refractivity contribution in [3.05, 3.63) is 41.2 Å². The van der Waals surface area contributed by atoms with E-state index in [0.717, 1.165) is 12.2 Å². The average Bonchev–Trinajstić information content (AvgIpc) is 2.46. The van der Waals surface area contributed by atoms with Crippen LogP contribution >= 0.6 is 0 Å². The average molecular weight is 159 g/mol. The quantitative estimate of drug-likeness (QED) is 0.566. The highest BCUT2D eigenvalue weighted by atomic mass is 28.2. The Morgan fingerprint density at radius 1 is 1.27 bits per heavy atom. The van der Waals surface area contributed by atoms with Crippen LogP contribution in [0.2, 0.25) is 0 Å². The van der Waals surface area contributed by atoms with Gasteiger partial charge in [0.15, 0.2) is 0 Å². The minimum absolute atomic E-state index is 0.902. The van der Waals surface area contributed by atoms with Crippen molar-refractivity contribution in [1.29, 1.82) is 0 Å². The molecule has 1 aromatic rings. The van der Waals surface area contributed by atoms with Crippen LogP contribution in [-0.4, -0.2) is 10.5 Å². The van der Waals surface area contributed by atoms with Gasteiger partial charge in [-0.1, -0.05) is 24.3 Å². The summed E-state index contributed by atoms with van der Waals surface area (Å²) < 4.78 is 4.96. The molecule has 1 aliphatic rings. The van der Waals surface area contributed by atoms with Crippen molar-refractivity contribution >= 4 is 16.6 Å². The van der Waals surface area contributed by atoms with Crippen molar-refractivity contribution in [2.75, 3.05) is 0 Å². The number of hydrogen-bond acceptors (Lipinski definition) is 1. The van der Waals surface area contributed by atoms with Crippen LogP contribution < -0.4 is 0 Å². The number of benzene rings is 1. The van der Waals surface area contributed by atoms with E-state index in [-0.39, 0.29) is 0 Å². The van der Waals surface area contributed by atoms with Gasteiger partial charge in [0, 0.05) is 6.42 Å². The molecule has 0 aliphatic heterocycles. The maximum atomic E-state index is 4.96. The molecule has 1 nitrogen and oxygen atoms in total. The number of rotatable bonds is 1. The van der Waals surface area contributed by atoms with Crippen molar-refractivity contribution in [1.82, 2.24) is 0 Å². The second-order valence-electron chi connectivity index (χ2n) is 2.59. The molecule has 0 spiro atoms. The predicted octanol–water partition coefficient (Wildman–Crippen LogP) is 1.68. The SMILES string of the molecule is [Si]OC1=Cc2ccccc2C1. The van der Waals surface area contributed by atoms with E-state index in [1.54, 1.807) is 0 Å². The van der Waals surface area contributed by atoms with Crippen molar-refractivity contribution in [2.24, 2.45) is 0 Å². The summed E-state index contributed by atoms with van der Waals surface area (Å²) in [6.45, 7) is 0. The third-order valence-corrected chi connectivity index (χ3v) is 2.13. The molecule has 1 aromatic carbocycles. The van der Waals surface area contributed by atoms with Gasteiger partial charge in [-0.05, 0) is 17.2 Å². The molecule has 0 heterocycles. The highest BCUT2D eigenvalue weighted by molar-refractivity contribution is 5.99. The molecule has 0 saturated carbocycles. The molecule has 3 radical (unpaired) electrons. The Kier molecular flexibility index (Phi) is 1.54. The predicted molar refractivity (Wildman–Crippen MR) is 45.0 cm³/mol. The summed E-state index contributed by atoms with van der Waals surface area (Å²) in [6.07, 6.45) is 2.95. The van der Waals surface area contributed by atoms with Gasteiger partial charge < -0.3 is 4.43 Å². The first kappa shape index (κ1) is 6.67. The Labute approximate surface area is 69.2 Å². The fourth-order valence-corrected chi connectivity index (χ4v) is 1.44. The molecule has 11 heavy (non-hydrogen) atoms. The normalized spacial score (nSPS) is 14.1. The summed E-state index contributed by atoms with van der Waals surface area (Å²) >= 11 is 0. The molecule has 0 fully saturated rings. The van der Waals surface area contributed by atoms with Crippen molar-refractivity contribution < 1.29 is 4.43 Å². The van der Waals surface area contributed by atoms with Gasteiger partial charge in [-0.25, -0.2) is 0 Å². The molecule has 0 atom stereocenters. The third kappa shape index (κ3) is 1.09. The maximum Gasteiger partial charge on any atom is 0.340 e. The van der Waals surface area contributed by atoms with Gasteiger partial charge in [0.1, 0.15) is 0 Å². The standard InChI is InChI=1S/C9H7OSi/c11-10-9-5-7-3-1-2-4-8(7)6-9/h1-5H,6H2. The number of hydrogen-bond donors (Lipinski definition) is 0. The minimum Gasteiger partial charge on any atom is -0.543 e. The largest absolute Gasteiger partial charge is 0.543 e. The second kappa shape index (κ2) is 2.55. The van der Waals surface area contributed by atoms with Crippen LogP contribution in [0.5, 0.6) is 0 Å². The Balaban J connectivity index is 2.39. The monoisotopic (exact) mass is 159 g/mol. The Morgan fingerprint density at radius 2 is 2.09 bits per heavy atom. The molecule has 0 saturated heterocycles. The van der Waals surface area contributed by atoms with Crippen molar-refractivity contribution in [3.63, 3.8) is 0 Å². The molecule has 0 bridgehead atoms. The topological polar surface area (TPSA) is 9.23 Å². The fraction of sp³-hybridized carbons (Fsp3) is 0.111. The van der Waals surface area contributed by atoms with E-state index >= 15 is 0 Å². The minimum atomic E-state index is 0.902. The summed E-state index contributed by atoms with van der Waals surface area (Å²) in [5.41, 5.74) is 2.60. The molecule has 0 aromatic heterocycles.